The van der Waals surface area contributed by atoms with Gasteiger partial charge in [0.15, 0.2) is 0 Å². The van der Waals surface area contributed by atoms with Crippen molar-refractivity contribution in [2.45, 2.75) is 25.3 Å². The molecule has 17 heavy (non-hydrogen) atoms. The molecule has 6 nitrogen and oxygen atoms in total. The summed E-state index contributed by atoms with van der Waals surface area (Å²) in [6.45, 7) is 3.21. The first-order valence-corrected chi connectivity index (χ1v) is 6.00. The summed E-state index contributed by atoms with van der Waals surface area (Å²) in [5, 5.41) is 3.62. The van der Waals surface area contributed by atoms with Gasteiger partial charge in [0.05, 0.1) is 0 Å². The van der Waals surface area contributed by atoms with Gasteiger partial charge in [0.1, 0.15) is 11.2 Å². The third kappa shape index (κ3) is 2.22. The van der Waals surface area contributed by atoms with Gasteiger partial charge in [0, 0.05) is 33.1 Å². The highest BCUT2D eigenvalue weighted by molar-refractivity contribution is 6.30. The van der Waals surface area contributed by atoms with Crippen LogP contribution in [0.4, 0.5) is 0 Å². The van der Waals surface area contributed by atoms with E-state index in [-0.39, 0.29) is 11.6 Å². The molecule has 0 saturated carbocycles. The number of hydrogen-bond acceptors (Lipinski definition) is 3. The summed E-state index contributed by atoms with van der Waals surface area (Å²) in [4.78, 5) is 25.2. The first kappa shape index (κ1) is 12.2. The second kappa shape index (κ2) is 4.52. The first-order valence-electron chi connectivity index (χ1n) is 5.56. The van der Waals surface area contributed by atoms with Crippen molar-refractivity contribution in [2.75, 3.05) is 13.1 Å². The lowest BCUT2D eigenvalue weighted by Gasteiger charge is -2.21. The normalized spacial score (nSPS) is 17.5. The van der Waals surface area contributed by atoms with E-state index in [9.17, 15) is 9.59 Å². The fourth-order valence-corrected chi connectivity index (χ4v) is 2.14. The van der Waals surface area contributed by atoms with Crippen molar-refractivity contribution in [3.8, 4) is 0 Å². The highest BCUT2D eigenvalue weighted by Crippen LogP contribution is 2.08. The van der Waals surface area contributed by atoms with Gasteiger partial charge in [-0.2, -0.15) is 5.10 Å². The van der Waals surface area contributed by atoms with Gasteiger partial charge in [-0.3, -0.25) is 9.36 Å². The maximum Gasteiger partial charge on any atom is 0.345 e. The lowest BCUT2D eigenvalue weighted by Crippen LogP contribution is -2.38. The summed E-state index contributed by atoms with van der Waals surface area (Å²) in [6.07, 6.45) is 0.589. The van der Waals surface area contributed by atoms with E-state index in [2.05, 4.69) is 5.10 Å². The maximum absolute atomic E-state index is 11.8. The molecule has 94 valence electrons. The average Bonchev–Trinajstić information content (AvgIpc) is 2.48. The number of halogens is 1. The Morgan fingerprint density at radius 3 is 2.76 bits per heavy atom. The Hall–Kier alpha value is -1.30. The van der Waals surface area contributed by atoms with Gasteiger partial charge in [0.2, 0.25) is 5.91 Å². The van der Waals surface area contributed by atoms with Crippen molar-refractivity contribution >= 4 is 17.5 Å². The molecule has 7 heteroatoms. The van der Waals surface area contributed by atoms with Crippen LogP contribution in [0, 0.1) is 0 Å². The van der Waals surface area contributed by atoms with Crippen LogP contribution in [-0.2, 0) is 24.8 Å². The van der Waals surface area contributed by atoms with Gasteiger partial charge in [-0.1, -0.05) is 0 Å². The Morgan fingerprint density at radius 1 is 1.41 bits per heavy atom. The van der Waals surface area contributed by atoms with Crippen LogP contribution in [-0.4, -0.2) is 43.6 Å². The van der Waals surface area contributed by atoms with Crippen molar-refractivity contribution < 1.29 is 4.79 Å². The van der Waals surface area contributed by atoms with Crippen molar-refractivity contribution in [1.82, 2.24) is 19.2 Å². The molecule has 1 unspecified atom stereocenters. The predicted octanol–water partition coefficient (Wildman–Crippen LogP) is -0.406. The zero-order valence-corrected chi connectivity index (χ0v) is 10.6. The molecule has 0 spiro atoms. The van der Waals surface area contributed by atoms with Crippen LogP contribution in [0.15, 0.2) is 4.79 Å². The Morgan fingerprint density at radius 2 is 2.12 bits per heavy atom. The Kier molecular flexibility index (Phi) is 3.24. The molecule has 1 aliphatic heterocycles. The van der Waals surface area contributed by atoms with Gasteiger partial charge in [-0.25, -0.2) is 9.48 Å². The number of aryl methyl sites for hydroxylation is 1. The third-order valence-corrected chi connectivity index (χ3v) is 3.12. The highest BCUT2D eigenvalue weighted by Gasteiger charge is 2.23. The maximum atomic E-state index is 11.8. The van der Waals surface area contributed by atoms with Crippen LogP contribution in [0.2, 0.25) is 0 Å². The highest BCUT2D eigenvalue weighted by atomic mass is 35.5. The molecule has 1 aromatic heterocycles. The molecule has 0 radical (unpaired) electrons. The predicted molar refractivity (Wildman–Crippen MR) is 63.1 cm³/mol. The largest absolute Gasteiger partial charge is 0.345 e. The lowest BCUT2D eigenvalue weighted by atomic mass is 10.3. The topological polar surface area (TPSA) is 60.1 Å². The van der Waals surface area contributed by atoms with Gasteiger partial charge in [-0.15, -0.1) is 11.6 Å². The molecular formula is C10H15ClN4O2. The third-order valence-electron chi connectivity index (χ3n) is 2.94. The fraction of sp³-hybridized carbons (Fsp3) is 0.700. The number of amides is 1. The van der Waals surface area contributed by atoms with Crippen LogP contribution >= 0.6 is 11.6 Å². The van der Waals surface area contributed by atoms with Crippen LogP contribution < -0.4 is 5.69 Å². The van der Waals surface area contributed by atoms with E-state index in [4.69, 9.17) is 11.6 Å². The summed E-state index contributed by atoms with van der Waals surface area (Å²) in [7, 11) is 1.63. The number of aromatic nitrogens is 3. The SMILES string of the molecule is CC(Cl)C(=O)N1CCc2nn(C)c(=O)n2CC1. The summed E-state index contributed by atoms with van der Waals surface area (Å²) < 4.78 is 2.95. The quantitative estimate of drug-likeness (QED) is 0.644. The van der Waals surface area contributed by atoms with Gasteiger partial charge in [-0.05, 0) is 6.92 Å². The van der Waals surface area contributed by atoms with Gasteiger partial charge in [0.25, 0.3) is 0 Å². The van der Waals surface area contributed by atoms with E-state index in [0.717, 1.165) is 5.82 Å². The van der Waals surface area contributed by atoms with Crippen LogP contribution in [0.3, 0.4) is 0 Å². The van der Waals surface area contributed by atoms with E-state index < -0.39 is 5.38 Å². The molecule has 0 bridgehead atoms. The average molecular weight is 259 g/mol. The molecule has 1 aliphatic rings. The molecule has 0 fully saturated rings. The van der Waals surface area contributed by atoms with Crippen molar-refractivity contribution in [2.24, 2.45) is 7.05 Å². The number of hydrogen-bond donors (Lipinski definition) is 0. The summed E-state index contributed by atoms with van der Waals surface area (Å²) >= 11 is 5.78. The van der Waals surface area contributed by atoms with E-state index in [1.807, 2.05) is 0 Å². The number of carbonyl (C=O) groups is 1. The summed E-state index contributed by atoms with van der Waals surface area (Å²) in [5.41, 5.74) is -0.131. The van der Waals surface area contributed by atoms with Crippen LogP contribution in [0.25, 0.3) is 0 Å². The number of rotatable bonds is 1. The molecule has 0 aromatic carbocycles. The molecule has 2 rings (SSSR count). The van der Waals surface area contributed by atoms with Crippen molar-refractivity contribution in [3.63, 3.8) is 0 Å². The Bertz CT molecular complexity index is 491. The molecular weight excluding hydrogens is 244 g/mol. The zero-order chi connectivity index (χ0) is 12.6. The monoisotopic (exact) mass is 258 g/mol. The van der Waals surface area contributed by atoms with Gasteiger partial charge >= 0.3 is 5.69 Å². The van der Waals surface area contributed by atoms with Gasteiger partial charge < -0.3 is 4.90 Å². The minimum atomic E-state index is -0.525. The summed E-state index contributed by atoms with van der Waals surface area (Å²) in [5.74, 6) is 0.643. The molecule has 2 heterocycles. The lowest BCUT2D eigenvalue weighted by molar-refractivity contribution is -0.130. The van der Waals surface area contributed by atoms with E-state index in [1.54, 1.807) is 23.4 Å². The number of carbonyl (C=O) groups excluding carboxylic acids is 1. The van der Waals surface area contributed by atoms with Crippen LogP contribution in [0.1, 0.15) is 12.7 Å². The Labute approximate surface area is 104 Å². The number of nitrogens with zero attached hydrogens (tertiary/aromatic N) is 4. The minimum absolute atomic E-state index is 0.0887. The molecule has 0 N–H and O–H groups in total. The molecule has 1 atom stereocenters. The summed E-state index contributed by atoms with van der Waals surface area (Å²) in [6, 6.07) is 0. The smallest absolute Gasteiger partial charge is 0.339 e. The van der Waals surface area contributed by atoms with E-state index >= 15 is 0 Å². The van der Waals surface area contributed by atoms with E-state index in [1.165, 1.54) is 4.68 Å². The zero-order valence-electron chi connectivity index (χ0n) is 9.89. The standard InChI is InChI=1S/C10H15ClN4O2/c1-7(11)9(16)14-4-3-8-12-13(2)10(17)15(8)6-5-14/h7H,3-6H2,1-2H3. The fourth-order valence-electron chi connectivity index (χ4n) is 2.00. The number of alkyl halides is 1. The second-order valence-corrected chi connectivity index (χ2v) is 4.82. The molecule has 0 aliphatic carbocycles. The second-order valence-electron chi connectivity index (χ2n) is 4.17. The van der Waals surface area contributed by atoms with Crippen LogP contribution in [0.5, 0.6) is 0 Å². The Balaban J connectivity index is 2.18. The van der Waals surface area contributed by atoms with Crippen molar-refractivity contribution in [1.29, 1.82) is 0 Å². The van der Waals surface area contributed by atoms with Crippen molar-refractivity contribution in [3.05, 3.63) is 16.3 Å². The number of fused-ring (bicyclic) bond motifs is 1. The molecule has 0 saturated heterocycles. The van der Waals surface area contributed by atoms with E-state index in [0.29, 0.717) is 26.1 Å². The first-order chi connectivity index (χ1) is 8.00. The minimum Gasteiger partial charge on any atom is -0.339 e. The molecule has 1 amide bonds. The molecule has 1 aromatic rings.